The van der Waals surface area contributed by atoms with Gasteiger partial charge in [0.2, 0.25) is 0 Å². The molecule has 1 aromatic rings. The number of hydrogen-bond acceptors (Lipinski definition) is 5. The van der Waals surface area contributed by atoms with E-state index in [1.165, 1.54) is 6.20 Å². The van der Waals surface area contributed by atoms with E-state index in [9.17, 15) is 4.79 Å². The fourth-order valence-electron chi connectivity index (χ4n) is 1.12. The largest absolute Gasteiger partial charge is 0.462 e. The quantitative estimate of drug-likeness (QED) is 0.603. The molecule has 1 aromatic heterocycles. The summed E-state index contributed by atoms with van der Waals surface area (Å²) in [7, 11) is 0. The van der Waals surface area contributed by atoms with Gasteiger partial charge in [0, 0.05) is 18.6 Å². The van der Waals surface area contributed by atoms with Crippen molar-refractivity contribution < 1.29 is 9.53 Å². The summed E-state index contributed by atoms with van der Waals surface area (Å²) in [5.74, 6) is -0.215. The standard InChI is InChI=1S/C11H15N3O2/c1-3-8-6-13-10(14-7-8)9(5-12)11(15)16-4-2/h5-7H,3-4,12H2,1-2H3/b9-5+. The van der Waals surface area contributed by atoms with Crippen molar-refractivity contribution in [1.29, 1.82) is 0 Å². The van der Waals surface area contributed by atoms with Crippen LogP contribution >= 0.6 is 0 Å². The van der Waals surface area contributed by atoms with Crippen LogP contribution in [0.1, 0.15) is 25.2 Å². The highest BCUT2D eigenvalue weighted by Gasteiger charge is 2.15. The van der Waals surface area contributed by atoms with Gasteiger partial charge in [-0.1, -0.05) is 6.92 Å². The van der Waals surface area contributed by atoms with E-state index in [1.807, 2.05) is 6.92 Å². The molecule has 0 saturated carbocycles. The Bertz CT molecular complexity index is 385. The van der Waals surface area contributed by atoms with E-state index in [2.05, 4.69) is 9.97 Å². The number of esters is 1. The lowest BCUT2D eigenvalue weighted by molar-refractivity contribution is -0.136. The van der Waals surface area contributed by atoms with E-state index in [4.69, 9.17) is 10.5 Å². The minimum absolute atomic E-state index is 0.185. The van der Waals surface area contributed by atoms with Gasteiger partial charge in [0.05, 0.1) is 6.61 Å². The second kappa shape index (κ2) is 5.85. The molecule has 0 aliphatic carbocycles. The van der Waals surface area contributed by atoms with Crippen LogP contribution in [0.2, 0.25) is 0 Å². The third-order valence-electron chi connectivity index (χ3n) is 2.02. The van der Waals surface area contributed by atoms with Gasteiger partial charge in [-0.15, -0.1) is 0 Å². The molecule has 0 aromatic carbocycles. The third-order valence-corrected chi connectivity index (χ3v) is 2.02. The van der Waals surface area contributed by atoms with Crippen LogP contribution in [0.3, 0.4) is 0 Å². The van der Waals surface area contributed by atoms with Gasteiger partial charge >= 0.3 is 5.97 Å². The number of carbonyl (C=O) groups is 1. The highest BCUT2D eigenvalue weighted by atomic mass is 16.5. The molecule has 1 heterocycles. The summed E-state index contributed by atoms with van der Waals surface area (Å²) in [4.78, 5) is 19.6. The van der Waals surface area contributed by atoms with Gasteiger partial charge in [-0.3, -0.25) is 0 Å². The number of nitrogens with two attached hydrogens (primary N) is 1. The summed E-state index contributed by atoms with van der Waals surface area (Å²) in [6.07, 6.45) is 5.36. The van der Waals surface area contributed by atoms with Crippen molar-refractivity contribution in [1.82, 2.24) is 9.97 Å². The van der Waals surface area contributed by atoms with E-state index in [0.717, 1.165) is 12.0 Å². The number of aromatic nitrogens is 2. The van der Waals surface area contributed by atoms with Crippen molar-refractivity contribution in [3.05, 3.63) is 30.0 Å². The number of rotatable bonds is 4. The minimum Gasteiger partial charge on any atom is -0.462 e. The number of ether oxygens (including phenoxy) is 1. The Morgan fingerprint density at radius 3 is 2.50 bits per heavy atom. The van der Waals surface area contributed by atoms with Crippen LogP contribution in [-0.4, -0.2) is 22.5 Å². The van der Waals surface area contributed by atoms with Gasteiger partial charge in [-0.25, -0.2) is 14.8 Å². The zero-order valence-electron chi connectivity index (χ0n) is 9.43. The van der Waals surface area contributed by atoms with E-state index in [1.54, 1.807) is 19.3 Å². The molecule has 0 radical (unpaired) electrons. The van der Waals surface area contributed by atoms with Gasteiger partial charge in [-0.2, -0.15) is 0 Å². The molecule has 5 heteroatoms. The first-order valence-corrected chi connectivity index (χ1v) is 5.13. The molecule has 86 valence electrons. The molecule has 0 atom stereocenters. The Morgan fingerprint density at radius 2 is 2.06 bits per heavy atom. The second-order valence-electron chi connectivity index (χ2n) is 3.07. The monoisotopic (exact) mass is 221 g/mol. The molecule has 5 nitrogen and oxygen atoms in total. The lowest BCUT2D eigenvalue weighted by Gasteiger charge is -2.05. The Kier molecular flexibility index (Phi) is 4.44. The summed E-state index contributed by atoms with van der Waals surface area (Å²) in [6, 6.07) is 0. The fourth-order valence-corrected chi connectivity index (χ4v) is 1.12. The van der Waals surface area contributed by atoms with Crippen LogP contribution in [0, 0.1) is 0 Å². The number of hydrogen-bond donors (Lipinski definition) is 1. The van der Waals surface area contributed by atoms with E-state index < -0.39 is 5.97 Å². The molecular weight excluding hydrogens is 206 g/mol. The van der Waals surface area contributed by atoms with Crippen LogP contribution in [0.15, 0.2) is 18.6 Å². The zero-order valence-corrected chi connectivity index (χ0v) is 9.43. The Morgan fingerprint density at radius 1 is 1.44 bits per heavy atom. The lowest BCUT2D eigenvalue weighted by atomic mass is 10.2. The number of carbonyl (C=O) groups excluding carboxylic acids is 1. The molecule has 16 heavy (non-hydrogen) atoms. The molecule has 0 bridgehead atoms. The van der Waals surface area contributed by atoms with Crippen molar-refractivity contribution in [3.8, 4) is 0 Å². The summed E-state index contributed by atoms with van der Waals surface area (Å²) < 4.78 is 4.84. The molecule has 0 fully saturated rings. The predicted octanol–water partition coefficient (Wildman–Crippen LogP) is 0.902. The van der Waals surface area contributed by atoms with Crippen molar-refractivity contribution in [2.75, 3.05) is 6.61 Å². The van der Waals surface area contributed by atoms with Crippen molar-refractivity contribution in [3.63, 3.8) is 0 Å². The van der Waals surface area contributed by atoms with Crippen molar-refractivity contribution in [2.24, 2.45) is 5.73 Å². The minimum atomic E-state index is -0.505. The maximum absolute atomic E-state index is 11.5. The Balaban J connectivity index is 2.92. The maximum Gasteiger partial charge on any atom is 0.343 e. The Labute approximate surface area is 94.4 Å². The normalized spacial score (nSPS) is 11.2. The van der Waals surface area contributed by atoms with Crippen LogP contribution in [0.4, 0.5) is 0 Å². The summed E-state index contributed by atoms with van der Waals surface area (Å²) in [6.45, 7) is 4.03. The van der Waals surface area contributed by atoms with E-state index >= 15 is 0 Å². The second-order valence-corrected chi connectivity index (χ2v) is 3.07. The SMILES string of the molecule is CCOC(=O)/C(=C/N)c1ncc(CC)cn1. The molecule has 0 aliphatic rings. The van der Waals surface area contributed by atoms with Crippen LogP contribution in [0.25, 0.3) is 5.57 Å². The Hall–Kier alpha value is -1.91. The van der Waals surface area contributed by atoms with Crippen molar-refractivity contribution >= 4 is 11.5 Å². The molecule has 0 saturated heterocycles. The highest BCUT2D eigenvalue weighted by molar-refractivity contribution is 6.15. The first-order valence-electron chi connectivity index (χ1n) is 5.13. The molecule has 1 rings (SSSR count). The predicted molar refractivity (Wildman–Crippen MR) is 60.2 cm³/mol. The van der Waals surface area contributed by atoms with Crippen molar-refractivity contribution in [2.45, 2.75) is 20.3 Å². The van der Waals surface area contributed by atoms with Gasteiger partial charge < -0.3 is 10.5 Å². The average Bonchev–Trinajstić information content (AvgIpc) is 2.31. The molecule has 0 spiro atoms. The summed E-state index contributed by atoms with van der Waals surface area (Å²) in [5.41, 5.74) is 6.55. The molecule has 2 N–H and O–H groups in total. The number of nitrogens with zero attached hydrogens (tertiary/aromatic N) is 2. The van der Waals surface area contributed by atoms with Crippen LogP contribution < -0.4 is 5.73 Å². The van der Waals surface area contributed by atoms with Crippen LogP contribution in [0.5, 0.6) is 0 Å². The van der Waals surface area contributed by atoms with E-state index in [-0.39, 0.29) is 11.4 Å². The molecule has 0 aliphatic heterocycles. The number of aryl methyl sites for hydroxylation is 1. The van der Waals surface area contributed by atoms with E-state index in [0.29, 0.717) is 6.61 Å². The molecule has 0 amide bonds. The average molecular weight is 221 g/mol. The van der Waals surface area contributed by atoms with Gasteiger partial charge in [-0.05, 0) is 18.9 Å². The summed E-state index contributed by atoms with van der Waals surface area (Å²) >= 11 is 0. The van der Waals surface area contributed by atoms with Gasteiger partial charge in [0.25, 0.3) is 0 Å². The van der Waals surface area contributed by atoms with Gasteiger partial charge in [0.1, 0.15) is 5.57 Å². The van der Waals surface area contributed by atoms with Gasteiger partial charge in [0.15, 0.2) is 5.82 Å². The zero-order chi connectivity index (χ0) is 12.0. The molecule has 0 unspecified atom stereocenters. The fraction of sp³-hybridized carbons (Fsp3) is 0.364. The molecular formula is C11H15N3O2. The summed E-state index contributed by atoms with van der Waals surface area (Å²) in [5, 5.41) is 0. The topological polar surface area (TPSA) is 78.1 Å². The first kappa shape index (κ1) is 12.2. The highest BCUT2D eigenvalue weighted by Crippen LogP contribution is 2.10. The van der Waals surface area contributed by atoms with Crippen LogP contribution in [-0.2, 0) is 16.0 Å². The maximum atomic E-state index is 11.5. The smallest absolute Gasteiger partial charge is 0.343 e. The lowest BCUT2D eigenvalue weighted by Crippen LogP contribution is -2.11. The third kappa shape index (κ3) is 2.79. The first-order chi connectivity index (χ1) is 7.72.